The molecule has 13 nitrogen and oxygen atoms in total. The molecule has 0 atom stereocenters. The van der Waals surface area contributed by atoms with Gasteiger partial charge in [0.1, 0.15) is 11.4 Å². The Hall–Kier alpha value is -4.94. The second kappa shape index (κ2) is 8.30. The summed E-state index contributed by atoms with van der Waals surface area (Å²) in [6, 6.07) is 12.3. The first-order valence-corrected chi connectivity index (χ1v) is 9.55. The largest absolute Gasteiger partial charge is 0.497 e. The number of aromatic nitrogens is 5. The highest BCUT2D eigenvalue weighted by Crippen LogP contribution is 2.37. The van der Waals surface area contributed by atoms with Crippen LogP contribution in [0.5, 0.6) is 17.2 Å². The van der Waals surface area contributed by atoms with Crippen LogP contribution in [0.4, 0.5) is 5.82 Å². The quantitative estimate of drug-likeness (QED) is 0.325. The number of hydrazone groups is 1. The van der Waals surface area contributed by atoms with Crippen molar-refractivity contribution >= 4 is 17.9 Å². The highest BCUT2D eigenvalue weighted by Gasteiger charge is 2.26. The van der Waals surface area contributed by atoms with Gasteiger partial charge in [0.25, 0.3) is 5.91 Å². The smallest absolute Gasteiger partial charge is 0.294 e. The van der Waals surface area contributed by atoms with Crippen molar-refractivity contribution in [2.45, 2.75) is 0 Å². The number of methoxy groups -OCH3 is 1. The Morgan fingerprint density at radius 3 is 2.91 bits per heavy atom. The van der Waals surface area contributed by atoms with Crippen LogP contribution >= 0.6 is 0 Å². The lowest BCUT2D eigenvalue weighted by atomic mass is 10.1. The van der Waals surface area contributed by atoms with E-state index in [1.165, 1.54) is 10.9 Å². The summed E-state index contributed by atoms with van der Waals surface area (Å²) in [6.45, 7) is 0.1000. The molecule has 2 aromatic heterocycles. The fraction of sp³-hybridized carbons (Fsp3) is 0.100. The van der Waals surface area contributed by atoms with Crippen molar-refractivity contribution in [2.24, 2.45) is 5.10 Å². The molecule has 3 N–H and O–H groups in total. The number of carbonyl (C=O) groups excluding carboxylic acids is 1. The maximum Gasteiger partial charge on any atom is 0.294 e. The van der Waals surface area contributed by atoms with Crippen LogP contribution in [0, 0.1) is 0 Å². The van der Waals surface area contributed by atoms with Crippen LogP contribution in [-0.2, 0) is 0 Å². The van der Waals surface area contributed by atoms with Gasteiger partial charge in [0, 0.05) is 5.56 Å². The molecule has 1 amide bonds. The standard InChI is InChI=1S/C20H16N8O5/c1-30-13-4-2-3-11(7-13)9-22-24-20(29)16-17(12-5-6-14-15(8-12)32-10-31-14)28(27-23-16)19-18(21)25-33-26-19/h2-9H,10H2,1H3,(H2,21,25)(H,24,29). The molecule has 3 heterocycles. The van der Waals surface area contributed by atoms with Crippen LogP contribution in [0.1, 0.15) is 16.1 Å². The Morgan fingerprint density at radius 1 is 1.21 bits per heavy atom. The molecule has 13 heteroatoms. The van der Waals surface area contributed by atoms with Gasteiger partial charge in [-0.25, -0.2) is 10.1 Å². The third kappa shape index (κ3) is 3.78. The fourth-order valence-corrected chi connectivity index (χ4v) is 3.16. The number of anilines is 1. The topological polar surface area (TPSA) is 165 Å². The van der Waals surface area contributed by atoms with Gasteiger partial charge in [0.15, 0.2) is 17.2 Å². The second-order valence-corrected chi connectivity index (χ2v) is 6.72. The number of amides is 1. The predicted octanol–water partition coefficient (Wildman–Crippen LogP) is 1.40. The normalized spacial score (nSPS) is 12.3. The van der Waals surface area contributed by atoms with E-state index >= 15 is 0 Å². The highest BCUT2D eigenvalue weighted by molar-refractivity contribution is 5.99. The zero-order valence-corrected chi connectivity index (χ0v) is 17.1. The van der Waals surface area contributed by atoms with E-state index in [0.29, 0.717) is 22.8 Å². The van der Waals surface area contributed by atoms with E-state index in [2.05, 4.69) is 35.8 Å². The van der Waals surface area contributed by atoms with Crippen LogP contribution in [0.3, 0.4) is 0 Å². The number of ether oxygens (including phenoxy) is 3. The summed E-state index contributed by atoms with van der Waals surface area (Å²) in [4.78, 5) is 12.9. The Morgan fingerprint density at radius 2 is 2.09 bits per heavy atom. The molecule has 0 saturated heterocycles. The molecular formula is C20H16N8O5. The molecule has 1 aliphatic heterocycles. The molecule has 0 bridgehead atoms. The van der Waals surface area contributed by atoms with Crippen molar-refractivity contribution in [3.05, 3.63) is 53.7 Å². The summed E-state index contributed by atoms with van der Waals surface area (Å²) < 4.78 is 21.9. The third-order valence-corrected chi connectivity index (χ3v) is 4.70. The average Bonchev–Trinajstić information content (AvgIpc) is 3.57. The first-order chi connectivity index (χ1) is 16.1. The monoisotopic (exact) mass is 448 g/mol. The minimum absolute atomic E-state index is 0.0232. The zero-order valence-electron chi connectivity index (χ0n) is 17.1. The van der Waals surface area contributed by atoms with Gasteiger partial charge < -0.3 is 19.9 Å². The van der Waals surface area contributed by atoms with Gasteiger partial charge in [-0.05, 0) is 46.2 Å². The molecule has 166 valence electrons. The van der Waals surface area contributed by atoms with Crippen molar-refractivity contribution in [1.29, 1.82) is 0 Å². The number of fused-ring (bicyclic) bond motifs is 1. The van der Waals surface area contributed by atoms with Crippen LogP contribution < -0.4 is 25.4 Å². The summed E-state index contributed by atoms with van der Waals surface area (Å²) in [5, 5.41) is 19.3. The Kier molecular flexibility index (Phi) is 5.03. The van der Waals surface area contributed by atoms with Crippen molar-refractivity contribution in [2.75, 3.05) is 19.6 Å². The Bertz CT molecular complexity index is 1360. The lowest BCUT2D eigenvalue weighted by Crippen LogP contribution is -2.19. The number of nitrogens with zero attached hydrogens (tertiary/aromatic N) is 6. The van der Waals surface area contributed by atoms with Gasteiger partial charge in [0.2, 0.25) is 18.4 Å². The van der Waals surface area contributed by atoms with E-state index < -0.39 is 5.91 Å². The number of nitrogens with one attached hydrogen (secondary N) is 1. The predicted molar refractivity (Wildman–Crippen MR) is 113 cm³/mol. The van der Waals surface area contributed by atoms with Gasteiger partial charge in [-0.1, -0.05) is 17.3 Å². The molecule has 0 radical (unpaired) electrons. The first-order valence-electron chi connectivity index (χ1n) is 9.55. The minimum Gasteiger partial charge on any atom is -0.497 e. The van der Waals surface area contributed by atoms with E-state index in [1.54, 1.807) is 37.4 Å². The molecule has 0 saturated carbocycles. The summed E-state index contributed by atoms with van der Waals surface area (Å²) in [5.41, 5.74) is 9.81. The molecular weight excluding hydrogens is 432 g/mol. The van der Waals surface area contributed by atoms with E-state index in [9.17, 15) is 4.79 Å². The van der Waals surface area contributed by atoms with Gasteiger partial charge in [-0.15, -0.1) is 5.10 Å². The summed E-state index contributed by atoms with van der Waals surface area (Å²) in [7, 11) is 1.57. The average molecular weight is 448 g/mol. The molecule has 0 aliphatic carbocycles. The highest BCUT2D eigenvalue weighted by atomic mass is 16.7. The molecule has 0 fully saturated rings. The minimum atomic E-state index is -0.608. The van der Waals surface area contributed by atoms with E-state index in [-0.39, 0.29) is 29.8 Å². The lowest BCUT2D eigenvalue weighted by molar-refractivity contribution is 0.0950. The number of hydrogen-bond donors (Lipinski definition) is 2. The van der Waals surface area contributed by atoms with Crippen LogP contribution in [-0.4, -0.2) is 51.3 Å². The van der Waals surface area contributed by atoms with Gasteiger partial charge in [-0.2, -0.15) is 9.78 Å². The molecule has 1 aliphatic rings. The number of rotatable bonds is 6. The molecule has 4 aromatic rings. The molecule has 0 spiro atoms. The van der Waals surface area contributed by atoms with Gasteiger partial charge in [0.05, 0.1) is 13.3 Å². The van der Waals surface area contributed by atoms with E-state index in [0.717, 1.165) is 5.56 Å². The summed E-state index contributed by atoms with van der Waals surface area (Å²) in [5.74, 6) is 1.20. The summed E-state index contributed by atoms with van der Waals surface area (Å²) in [6.07, 6.45) is 1.48. The van der Waals surface area contributed by atoms with E-state index in [1.807, 2.05) is 12.1 Å². The fourth-order valence-electron chi connectivity index (χ4n) is 3.16. The maximum absolute atomic E-state index is 12.9. The Balaban J connectivity index is 1.49. The third-order valence-electron chi connectivity index (χ3n) is 4.70. The number of hydrogen-bond acceptors (Lipinski definition) is 11. The number of nitrogen functional groups attached to an aromatic ring is 1. The second-order valence-electron chi connectivity index (χ2n) is 6.72. The SMILES string of the molecule is COc1cccc(C=NNC(=O)c2nnn(-c3nonc3N)c2-c2ccc3c(c2)OCO3)c1. The molecule has 5 rings (SSSR count). The molecule has 2 aromatic carbocycles. The first kappa shape index (κ1) is 20.0. The number of benzene rings is 2. The zero-order chi connectivity index (χ0) is 22.8. The van der Waals surface area contributed by atoms with Crippen molar-refractivity contribution in [1.82, 2.24) is 30.7 Å². The van der Waals surface area contributed by atoms with Crippen molar-refractivity contribution in [3.8, 4) is 34.3 Å². The van der Waals surface area contributed by atoms with E-state index in [4.69, 9.17) is 19.9 Å². The van der Waals surface area contributed by atoms with Crippen LogP contribution in [0.2, 0.25) is 0 Å². The maximum atomic E-state index is 12.9. The molecule has 0 unspecified atom stereocenters. The lowest BCUT2D eigenvalue weighted by Gasteiger charge is -2.07. The molecule has 33 heavy (non-hydrogen) atoms. The number of carbonyl (C=O) groups is 1. The van der Waals surface area contributed by atoms with Crippen molar-refractivity contribution in [3.63, 3.8) is 0 Å². The summed E-state index contributed by atoms with van der Waals surface area (Å²) >= 11 is 0. The Labute approximate surface area is 185 Å². The van der Waals surface area contributed by atoms with Crippen LogP contribution in [0.25, 0.3) is 17.1 Å². The van der Waals surface area contributed by atoms with Crippen LogP contribution in [0.15, 0.2) is 52.2 Å². The van der Waals surface area contributed by atoms with Gasteiger partial charge in [-0.3, -0.25) is 4.79 Å². The number of nitrogens with two attached hydrogens (primary N) is 1. The van der Waals surface area contributed by atoms with Crippen molar-refractivity contribution < 1.29 is 23.6 Å². The van der Waals surface area contributed by atoms with Gasteiger partial charge >= 0.3 is 0 Å².